The molecule has 1 aromatic heterocycles. The molecule has 60 valence electrons. The molecule has 0 saturated heterocycles. The number of rotatable bonds is 3. The van der Waals surface area contributed by atoms with E-state index in [4.69, 9.17) is 0 Å². The fraction of sp³-hybridized carbons (Fsp3) is 0. The minimum Gasteiger partial charge on any atom is -0.265 e. The Morgan fingerprint density at radius 1 is 1.08 bits per heavy atom. The lowest BCUT2D eigenvalue weighted by Crippen LogP contribution is -1.70. The summed E-state index contributed by atoms with van der Waals surface area (Å²) in [5, 5.41) is 0. The molecular formula is C11H11N. The van der Waals surface area contributed by atoms with Crippen molar-refractivity contribution < 1.29 is 0 Å². The van der Waals surface area contributed by atoms with Gasteiger partial charge in [0.15, 0.2) is 0 Å². The van der Waals surface area contributed by atoms with E-state index in [2.05, 4.69) is 11.6 Å². The summed E-state index contributed by atoms with van der Waals surface area (Å²) in [6.45, 7) is 3.57. The zero-order chi connectivity index (χ0) is 8.65. The maximum absolute atomic E-state index is 3.92. The lowest BCUT2D eigenvalue weighted by molar-refractivity contribution is 1.32. The molecule has 1 heterocycles. The SMILES string of the molecule is C=CC=CC=Cc1ccncc1. The van der Waals surface area contributed by atoms with Crippen molar-refractivity contribution in [2.45, 2.75) is 0 Å². The minimum atomic E-state index is 1.15. The highest BCUT2D eigenvalue weighted by Gasteiger charge is 1.79. The van der Waals surface area contributed by atoms with E-state index in [1.165, 1.54) is 0 Å². The van der Waals surface area contributed by atoms with E-state index in [-0.39, 0.29) is 0 Å². The Labute approximate surface area is 72.8 Å². The second-order valence-electron chi connectivity index (χ2n) is 2.26. The van der Waals surface area contributed by atoms with Crippen molar-refractivity contribution in [3.05, 3.63) is 61.0 Å². The van der Waals surface area contributed by atoms with E-state index in [0.717, 1.165) is 5.56 Å². The second-order valence-corrected chi connectivity index (χ2v) is 2.26. The van der Waals surface area contributed by atoms with Gasteiger partial charge in [-0.05, 0) is 17.7 Å². The molecule has 0 aliphatic rings. The number of allylic oxidation sites excluding steroid dienone is 4. The average Bonchev–Trinajstić information content (AvgIpc) is 2.14. The number of hydrogen-bond acceptors (Lipinski definition) is 1. The second kappa shape index (κ2) is 5.08. The summed E-state index contributed by atoms with van der Waals surface area (Å²) >= 11 is 0. The third-order valence-corrected chi connectivity index (χ3v) is 1.35. The van der Waals surface area contributed by atoms with Gasteiger partial charge in [0.05, 0.1) is 0 Å². The maximum atomic E-state index is 3.92. The van der Waals surface area contributed by atoms with Crippen LogP contribution in [0.5, 0.6) is 0 Å². The fourth-order valence-corrected chi connectivity index (χ4v) is 0.784. The lowest BCUT2D eigenvalue weighted by atomic mass is 10.2. The molecule has 1 rings (SSSR count). The van der Waals surface area contributed by atoms with Gasteiger partial charge in [0, 0.05) is 12.4 Å². The van der Waals surface area contributed by atoms with E-state index in [1.54, 1.807) is 18.5 Å². The van der Waals surface area contributed by atoms with Crippen LogP contribution in [-0.4, -0.2) is 4.98 Å². The van der Waals surface area contributed by atoms with E-state index >= 15 is 0 Å². The predicted octanol–water partition coefficient (Wildman–Crippen LogP) is 2.84. The van der Waals surface area contributed by atoms with E-state index < -0.39 is 0 Å². The van der Waals surface area contributed by atoms with E-state index in [0.29, 0.717) is 0 Å². The first-order valence-electron chi connectivity index (χ1n) is 3.79. The molecule has 1 nitrogen and oxygen atoms in total. The maximum Gasteiger partial charge on any atom is 0.0273 e. The van der Waals surface area contributed by atoms with Crippen molar-refractivity contribution in [3.8, 4) is 0 Å². The molecule has 0 bridgehead atoms. The Morgan fingerprint density at radius 2 is 1.83 bits per heavy atom. The monoisotopic (exact) mass is 157 g/mol. The molecule has 0 saturated carbocycles. The summed E-state index contributed by atoms with van der Waals surface area (Å²) in [4.78, 5) is 3.92. The van der Waals surface area contributed by atoms with Crippen molar-refractivity contribution in [2.24, 2.45) is 0 Å². The van der Waals surface area contributed by atoms with Gasteiger partial charge < -0.3 is 0 Å². The van der Waals surface area contributed by atoms with Gasteiger partial charge in [-0.25, -0.2) is 0 Å². The van der Waals surface area contributed by atoms with Gasteiger partial charge in [-0.2, -0.15) is 0 Å². The van der Waals surface area contributed by atoms with Gasteiger partial charge in [0.25, 0.3) is 0 Å². The number of nitrogens with zero attached hydrogens (tertiary/aromatic N) is 1. The summed E-state index contributed by atoms with van der Waals surface area (Å²) < 4.78 is 0. The highest BCUT2D eigenvalue weighted by molar-refractivity contribution is 5.49. The minimum absolute atomic E-state index is 1.15. The van der Waals surface area contributed by atoms with Gasteiger partial charge in [0.2, 0.25) is 0 Å². The normalized spacial score (nSPS) is 11.0. The highest BCUT2D eigenvalue weighted by Crippen LogP contribution is 1.98. The summed E-state index contributed by atoms with van der Waals surface area (Å²) in [6, 6.07) is 3.91. The zero-order valence-electron chi connectivity index (χ0n) is 6.85. The van der Waals surface area contributed by atoms with Crippen LogP contribution in [-0.2, 0) is 0 Å². The first kappa shape index (κ1) is 8.47. The molecule has 0 amide bonds. The largest absolute Gasteiger partial charge is 0.265 e. The highest BCUT2D eigenvalue weighted by atomic mass is 14.6. The molecule has 0 aromatic carbocycles. The molecule has 0 atom stereocenters. The Balaban J connectivity index is 2.58. The van der Waals surface area contributed by atoms with Crippen LogP contribution < -0.4 is 0 Å². The molecular weight excluding hydrogens is 146 g/mol. The smallest absolute Gasteiger partial charge is 0.0273 e. The van der Waals surface area contributed by atoms with Crippen molar-refractivity contribution in [1.82, 2.24) is 4.98 Å². The van der Waals surface area contributed by atoms with Crippen molar-refractivity contribution >= 4 is 6.08 Å². The van der Waals surface area contributed by atoms with Crippen molar-refractivity contribution in [1.29, 1.82) is 0 Å². The Morgan fingerprint density at radius 3 is 2.50 bits per heavy atom. The van der Waals surface area contributed by atoms with E-state index in [9.17, 15) is 0 Å². The zero-order valence-corrected chi connectivity index (χ0v) is 6.85. The Bertz CT molecular complexity index is 283. The Kier molecular flexibility index (Phi) is 3.58. The third-order valence-electron chi connectivity index (χ3n) is 1.35. The summed E-state index contributed by atoms with van der Waals surface area (Å²) in [5.74, 6) is 0. The number of hydrogen-bond donors (Lipinski definition) is 0. The van der Waals surface area contributed by atoms with Gasteiger partial charge in [-0.1, -0.05) is 37.0 Å². The summed E-state index contributed by atoms with van der Waals surface area (Å²) in [5.41, 5.74) is 1.15. The van der Waals surface area contributed by atoms with Crippen LogP contribution in [0.25, 0.3) is 6.08 Å². The van der Waals surface area contributed by atoms with Gasteiger partial charge in [-0.3, -0.25) is 4.98 Å². The van der Waals surface area contributed by atoms with Crippen molar-refractivity contribution in [2.75, 3.05) is 0 Å². The van der Waals surface area contributed by atoms with Crippen LogP contribution in [0, 0.1) is 0 Å². The molecule has 12 heavy (non-hydrogen) atoms. The molecule has 0 unspecified atom stereocenters. The molecule has 1 heteroatoms. The lowest BCUT2D eigenvalue weighted by Gasteiger charge is -1.87. The average molecular weight is 157 g/mol. The molecule has 0 radical (unpaired) electrons. The van der Waals surface area contributed by atoms with Gasteiger partial charge in [-0.15, -0.1) is 0 Å². The quantitative estimate of drug-likeness (QED) is 0.615. The van der Waals surface area contributed by atoms with Crippen LogP contribution in [0.2, 0.25) is 0 Å². The van der Waals surface area contributed by atoms with Crippen LogP contribution in [0.15, 0.2) is 55.4 Å². The summed E-state index contributed by atoms with van der Waals surface area (Å²) in [6.07, 6.45) is 13.1. The first-order chi connectivity index (χ1) is 5.93. The molecule has 0 aliphatic carbocycles. The van der Waals surface area contributed by atoms with Gasteiger partial charge in [0.1, 0.15) is 0 Å². The molecule has 0 N–H and O–H groups in total. The first-order valence-corrected chi connectivity index (χ1v) is 3.79. The Hall–Kier alpha value is -1.63. The van der Waals surface area contributed by atoms with Gasteiger partial charge >= 0.3 is 0 Å². The van der Waals surface area contributed by atoms with Crippen LogP contribution in [0.3, 0.4) is 0 Å². The summed E-state index contributed by atoms with van der Waals surface area (Å²) in [7, 11) is 0. The molecule has 0 spiro atoms. The standard InChI is InChI=1S/C11H11N/c1-2-3-4-5-6-11-7-9-12-10-8-11/h2-10H,1H2. The van der Waals surface area contributed by atoms with Crippen LogP contribution in [0.4, 0.5) is 0 Å². The number of aromatic nitrogens is 1. The topological polar surface area (TPSA) is 12.9 Å². The van der Waals surface area contributed by atoms with Crippen molar-refractivity contribution in [3.63, 3.8) is 0 Å². The van der Waals surface area contributed by atoms with Crippen LogP contribution >= 0.6 is 0 Å². The third kappa shape index (κ3) is 2.97. The fourth-order valence-electron chi connectivity index (χ4n) is 0.784. The predicted molar refractivity (Wildman–Crippen MR) is 52.6 cm³/mol. The van der Waals surface area contributed by atoms with Crippen LogP contribution in [0.1, 0.15) is 5.56 Å². The molecule has 0 aliphatic heterocycles. The van der Waals surface area contributed by atoms with E-state index in [1.807, 2.05) is 36.4 Å². The molecule has 1 aromatic rings. The molecule has 0 fully saturated rings. The number of pyridine rings is 1.